The van der Waals surface area contributed by atoms with Gasteiger partial charge in [-0.3, -0.25) is 14.8 Å². The fourth-order valence-corrected chi connectivity index (χ4v) is 5.35. The van der Waals surface area contributed by atoms with Gasteiger partial charge in [0.05, 0.1) is 16.9 Å². The number of carbonyl (C=O) groups excluding carboxylic acids is 1. The number of aryl methyl sites for hydroxylation is 1. The molecule has 6 rings (SSSR count). The van der Waals surface area contributed by atoms with Crippen molar-refractivity contribution >= 4 is 22.4 Å². The minimum atomic E-state index is -4.82. The van der Waals surface area contributed by atoms with Crippen molar-refractivity contribution in [2.24, 2.45) is 11.7 Å². The zero-order valence-corrected chi connectivity index (χ0v) is 23.2. The first-order chi connectivity index (χ1) is 20.5. The number of nitrogens with one attached hydrogen (secondary N) is 1. The zero-order valence-electron chi connectivity index (χ0n) is 23.2. The summed E-state index contributed by atoms with van der Waals surface area (Å²) < 4.78 is 57.9. The van der Waals surface area contributed by atoms with Crippen molar-refractivity contribution in [2.75, 3.05) is 5.32 Å². The molecule has 0 saturated heterocycles. The molecule has 1 aliphatic rings. The van der Waals surface area contributed by atoms with E-state index in [1.165, 1.54) is 24.3 Å². The second-order valence-corrected chi connectivity index (χ2v) is 11.0. The van der Waals surface area contributed by atoms with Crippen molar-refractivity contribution in [1.82, 2.24) is 19.7 Å². The Morgan fingerprint density at radius 3 is 2.49 bits per heavy atom. The molecule has 220 valence electrons. The van der Waals surface area contributed by atoms with E-state index in [2.05, 4.69) is 20.4 Å². The van der Waals surface area contributed by atoms with Crippen molar-refractivity contribution in [3.8, 4) is 5.69 Å². The molecule has 2 aromatic carbocycles. The standard InChI is InChI=1S/C32H28F4N6O/c1-19-25-17-24(6-4-21(25)9-15-39-19)42-29(32(34,35)36)18-28(41-42)30(43)40-27-16-23(5-7-26(27)33)31(37,12-8-20-2-3-20)22-10-13-38-14-11-22/h4-7,9-11,13-18,20H,2-3,8,12,37H2,1H3,(H,40,43). The molecule has 3 aromatic heterocycles. The average Bonchev–Trinajstić information content (AvgIpc) is 3.71. The second kappa shape index (κ2) is 10.9. The third-order valence-electron chi connectivity index (χ3n) is 7.99. The number of anilines is 1. The van der Waals surface area contributed by atoms with E-state index < -0.39 is 34.8 Å². The van der Waals surface area contributed by atoms with Gasteiger partial charge in [0.15, 0.2) is 5.69 Å². The third kappa shape index (κ3) is 5.72. The summed E-state index contributed by atoms with van der Waals surface area (Å²) in [4.78, 5) is 21.5. The molecule has 3 heterocycles. The molecule has 11 heteroatoms. The van der Waals surface area contributed by atoms with E-state index in [1.807, 2.05) is 0 Å². The lowest BCUT2D eigenvalue weighted by atomic mass is 9.79. The molecule has 0 spiro atoms. The minimum Gasteiger partial charge on any atom is -0.318 e. The number of nitrogens with two attached hydrogens (primary N) is 1. The largest absolute Gasteiger partial charge is 0.433 e. The number of benzene rings is 2. The number of aromatic nitrogens is 4. The summed E-state index contributed by atoms with van der Waals surface area (Å²) in [7, 11) is 0. The minimum absolute atomic E-state index is 0.101. The summed E-state index contributed by atoms with van der Waals surface area (Å²) in [5, 5.41) is 7.85. The highest BCUT2D eigenvalue weighted by molar-refractivity contribution is 6.03. The zero-order chi connectivity index (χ0) is 30.4. The van der Waals surface area contributed by atoms with Gasteiger partial charge in [0.2, 0.25) is 0 Å². The fraction of sp³-hybridized carbons (Fsp3) is 0.250. The van der Waals surface area contributed by atoms with Crippen molar-refractivity contribution in [3.63, 3.8) is 0 Å². The van der Waals surface area contributed by atoms with Crippen LogP contribution < -0.4 is 11.1 Å². The van der Waals surface area contributed by atoms with E-state index in [1.54, 1.807) is 55.8 Å². The maximum absolute atomic E-state index is 15.0. The summed E-state index contributed by atoms with van der Waals surface area (Å²) in [5.74, 6) is -1.17. The highest BCUT2D eigenvalue weighted by Gasteiger charge is 2.38. The van der Waals surface area contributed by atoms with E-state index in [9.17, 15) is 18.0 Å². The molecule has 0 bridgehead atoms. The predicted molar refractivity (Wildman–Crippen MR) is 154 cm³/mol. The van der Waals surface area contributed by atoms with Crippen LogP contribution in [0.2, 0.25) is 0 Å². The van der Waals surface area contributed by atoms with E-state index in [-0.39, 0.29) is 11.4 Å². The number of carbonyl (C=O) groups is 1. The van der Waals surface area contributed by atoms with Gasteiger partial charge in [0, 0.05) is 35.7 Å². The Balaban J connectivity index is 1.34. The highest BCUT2D eigenvalue weighted by atomic mass is 19.4. The summed E-state index contributed by atoms with van der Waals surface area (Å²) in [5.41, 5.74) is 6.14. The van der Waals surface area contributed by atoms with Crippen LogP contribution in [0.5, 0.6) is 0 Å². The number of nitrogens with zero attached hydrogens (tertiary/aromatic N) is 4. The normalized spacial score (nSPS) is 14.9. The number of hydrogen-bond acceptors (Lipinski definition) is 5. The van der Waals surface area contributed by atoms with Crippen molar-refractivity contribution in [2.45, 2.75) is 44.3 Å². The Morgan fingerprint density at radius 2 is 1.77 bits per heavy atom. The van der Waals surface area contributed by atoms with Crippen LogP contribution in [-0.4, -0.2) is 25.7 Å². The first-order valence-electron chi connectivity index (χ1n) is 13.9. The number of alkyl halides is 3. The Kier molecular flexibility index (Phi) is 7.21. The number of pyridine rings is 2. The monoisotopic (exact) mass is 588 g/mol. The molecule has 43 heavy (non-hydrogen) atoms. The smallest absolute Gasteiger partial charge is 0.318 e. The number of amides is 1. The lowest BCUT2D eigenvalue weighted by Gasteiger charge is -2.31. The van der Waals surface area contributed by atoms with Crippen LogP contribution in [-0.2, 0) is 11.7 Å². The van der Waals surface area contributed by atoms with Gasteiger partial charge in [-0.1, -0.05) is 25.0 Å². The molecule has 1 aliphatic carbocycles. The number of halogens is 4. The Labute approximate surface area is 244 Å². The van der Waals surface area contributed by atoms with Crippen LogP contribution in [0.3, 0.4) is 0 Å². The fourth-order valence-electron chi connectivity index (χ4n) is 5.35. The van der Waals surface area contributed by atoms with Gasteiger partial charge in [-0.05, 0) is 84.7 Å². The highest BCUT2D eigenvalue weighted by Crippen LogP contribution is 2.40. The molecular formula is C32H28F4N6O. The molecule has 0 aliphatic heterocycles. The lowest BCUT2D eigenvalue weighted by molar-refractivity contribution is -0.142. The number of fused-ring (bicyclic) bond motifs is 1. The number of rotatable bonds is 8. The third-order valence-corrected chi connectivity index (χ3v) is 7.99. The quantitative estimate of drug-likeness (QED) is 0.192. The molecule has 7 nitrogen and oxygen atoms in total. The van der Waals surface area contributed by atoms with Crippen molar-refractivity contribution < 1.29 is 22.4 Å². The Bertz CT molecular complexity index is 1820. The van der Waals surface area contributed by atoms with E-state index in [4.69, 9.17) is 5.73 Å². The summed E-state index contributed by atoms with van der Waals surface area (Å²) >= 11 is 0. The van der Waals surface area contributed by atoms with Gasteiger partial charge in [-0.25, -0.2) is 9.07 Å². The molecule has 1 amide bonds. The van der Waals surface area contributed by atoms with Gasteiger partial charge in [0.1, 0.15) is 11.5 Å². The number of hydrogen-bond donors (Lipinski definition) is 2. The van der Waals surface area contributed by atoms with Gasteiger partial charge in [-0.15, -0.1) is 0 Å². The van der Waals surface area contributed by atoms with E-state index >= 15 is 4.39 Å². The van der Waals surface area contributed by atoms with Crippen LogP contribution >= 0.6 is 0 Å². The molecule has 1 unspecified atom stereocenters. The first kappa shape index (κ1) is 28.5. The summed E-state index contributed by atoms with van der Waals surface area (Å²) in [6.45, 7) is 1.75. The maximum Gasteiger partial charge on any atom is 0.433 e. The molecular weight excluding hydrogens is 560 g/mol. The van der Waals surface area contributed by atoms with Crippen LogP contribution in [0.1, 0.15) is 58.7 Å². The molecule has 3 N–H and O–H groups in total. The average molecular weight is 589 g/mol. The predicted octanol–water partition coefficient (Wildman–Crippen LogP) is 6.93. The molecule has 1 atom stereocenters. The second-order valence-electron chi connectivity index (χ2n) is 11.0. The van der Waals surface area contributed by atoms with Crippen LogP contribution in [0, 0.1) is 18.7 Å². The molecule has 1 saturated carbocycles. The van der Waals surface area contributed by atoms with Crippen LogP contribution in [0.4, 0.5) is 23.2 Å². The van der Waals surface area contributed by atoms with E-state index in [0.29, 0.717) is 39.7 Å². The SMILES string of the molecule is Cc1nccc2ccc(-n3nc(C(=O)Nc4cc(C(N)(CCC5CC5)c5ccncc5)ccc4F)cc3C(F)(F)F)cc12. The molecule has 1 fully saturated rings. The van der Waals surface area contributed by atoms with Gasteiger partial charge < -0.3 is 11.1 Å². The van der Waals surface area contributed by atoms with Crippen molar-refractivity contribution in [3.05, 3.63) is 113 Å². The Morgan fingerprint density at radius 1 is 1.00 bits per heavy atom. The Hall–Kier alpha value is -4.64. The first-order valence-corrected chi connectivity index (χ1v) is 13.9. The summed E-state index contributed by atoms with van der Waals surface area (Å²) in [6, 6.07) is 14.8. The summed E-state index contributed by atoms with van der Waals surface area (Å²) in [6.07, 6.45) is 3.78. The van der Waals surface area contributed by atoms with E-state index in [0.717, 1.165) is 30.2 Å². The molecule has 0 radical (unpaired) electrons. The van der Waals surface area contributed by atoms with Crippen LogP contribution in [0.15, 0.2) is 79.3 Å². The lowest BCUT2D eigenvalue weighted by Crippen LogP contribution is -2.38. The van der Waals surface area contributed by atoms with Gasteiger partial charge in [-0.2, -0.15) is 18.3 Å². The van der Waals surface area contributed by atoms with Gasteiger partial charge in [0.25, 0.3) is 5.91 Å². The topological polar surface area (TPSA) is 98.7 Å². The van der Waals surface area contributed by atoms with Crippen molar-refractivity contribution in [1.29, 1.82) is 0 Å². The van der Waals surface area contributed by atoms with Crippen LogP contribution in [0.25, 0.3) is 16.5 Å². The molecule has 5 aromatic rings. The maximum atomic E-state index is 15.0. The van der Waals surface area contributed by atoms with Gasteiger partial charge >= 0.3 is 6.18 Å².